The summed E-state index contributed by atoms with van der Waals surface area (Å²) >= 11 is 0. The molecule has 0 radical (unpaired) electrons. The summed E-state index contributed by atoms with van der Waals surface area (Å²) in [5.74, 6) is 0.558. The zero-order chi connectivity index (χ0) is 25.5. The van der Waals surface area contributed by atoms with Crippen molar-refractivity contribution < 1.29 is 0 Å². The van der Waals surface area contributed by atoms with E-state index in [0.29, 0.717) is 17.2 Å². The Labute approximate surface area is 221 Å². The van der Waals surface area contributed by atoms with Gasteiger partial charge in [-0.2, -0.15) is 0 Å². The van der Waals surface area contributed by atoms with Gasteiger partial charge in [-0.3, -0.25) is 0 Å². The first-order valence-electron chi connectivity index (χ1n) is 13.3. The molecule has 2 unspecified atom stereocenters. The summed E-state index contributed by atoms with van der Waals surface area (Å²) in [5, 5.41) is 5.95. The molecule has 2 atom stereocenters. The highest BCUT2D eigenvalue weighted by Crippen LogP contribution is 2.60. The van der Waals surface area contributed by atoms with Gasteiger partial charge in [0.15, 0.2) is 0 Å². The zero-order valence-corrected chi connectivity index (χ0v) is 24.2. The van der Waals surface area contributed by atoms with Crippen molar-refractivity contribution in [1.82, 2.24) is 0 Å². The normalized spacial score (nSPS) is 15.1. The fourth-order valence-corrected chi connectivity index (χ4v) is 13.2. The Balaban J connectivity index is 1.89. The van der Waals surface area contributed by atoms with E-state index in [9.17, 15) is 0 Å². The molecule has 0 heterocycles. The van der Waals surface area contributed by atoms with Crippen LogP contribution in [0.3, 0.4) is 0 Å². The van der Waals surface area contributed by atoms with Crippen molar-refractivity contribution in [2.75, 3.05) is 0 Å². The first-order chi connectivity index (χ1) is 17.5. The summed E-state index contributed by atoms with van der Waals surface area (Å²) in [4.78, 5) is 0. The Kier molecular flexibility index (Phi) is 9.17. The van der Waals surface area contributed by atoms with Crippen molar-refractivity contribution >= 4 is 37.1 Å². The lowest BCUT2D eigenvalue weighted by atomic mass is 9.70. The Morgan fingerprint density at radius 3 is 0.917 bits per heavy atom. The fourth-order valence-electron chi connectivity index (χ4n) is 6.34. The van der Waals surface area contributed by atoms with Crippen LogP contribution in [-0.4, -0.2) is 11.3 Å². The molecular formula is C34H40P2. The lowest BCUT2D eigenvalue weighted by Crippen LogP contribution is -2.48. The van der Waals surface area contributed by atoms with Crippen LogP contribution in [0.2, 0.25) is 0 Å². The van der Waals surface area contributed by atoms with Gasteiger partial charge < -0.3 is 0 Å². The molecule has 4 aromatic carbocycles. The Morgan fingerprint density at radius 1 is 0.472 bits per heavy atom. The van der Waals surface area contributed by atoms with Gasteiger partial charge in [-0.15, -0.1) is 0 Å². The quantitative estimate of drug-likeness (QED) is 0.189. The monoisotopic (exact) mass is 510 g/mol. The van der Waals surface area contributed by atoms with Crippen LogP contribution < -0.4 is 21.2 Å². The fraction of sp³-hybridized carbons (Fsp3) is 0.294. The van der Waals surface area contributed by atoms with Crippen LogP contribution in [-0.2, 0) is 0 Å². The Hall–Kier alpha value is -2.26. The van der Waals surface area contributed by atoms with E-state index in [1.54, 1.807) is 0 Å². The molecular weight excluding hydrogens is 470 g/mol. The molecule has 186 valence electrons. The Bertz CT molecular complexity index is 1010. The summed E-state index contributed by atoms with van der Waals surface area (Å²) in [5.41, 5.74) is 1.22. The molecule has 2 heteroatoms. The maximum atomic E-state index is 2.56. The van der Waals surface area contributed by atoms with E-state index >= 15 is 0 Å². The highest BCUT2D eigenvalue weighted by molar-refractivity contribution is 7.74. The second kappa shape index (κ2) is 12.3. The summed E-state index contributed by atoms with van der Waals surface area (Å²) in [6.45, 7) is 12.5. The maximum absolute atomic E-state index is 2.56. The number of hydrogen-bond donors (Lipinski definition) is 0. The van der Waals surface area contributed by atoms with E-state index in [1.165, 1.54) is 27.6 Å². The van der Waals surface area contributed by atoms with Crippen LogP contribution >= 0.6 is 15.8 Å². The summed E-state index contributed by atoms with van der Waals surface area (Å²) in [6, 6.07) is 45.2. The summed E-state index contributed by atoms with van der Waals surface area (Å²) in [7, 11) is -1.05. The van der Waals surface area contributed by atoms with Gasteiger partial charge >= 0.3 is 0 Å². The van der Waals surface area contributed by atoms with Crippen molar-refractivity contribution in [2.45, 2.75) is 52.4 Å². The molecule has 0 aliphatic heterocycles. The lowest BCUT2D eigenvalue weighted by Gasteiger charge is -2.52. The molecule has 0 nitrogen and oxygen atoms in total. The van der Waals surface area contributed by atoms with Gasteiger partial charge in [0.1, 0.15) is 0 Å². The van der Waals surface area contributed by atoms with Crippen LogP contribution in [0.4, 0.5) is 0 Å². The van der Waals surface area contributed by atoms with Crippen LogP contribution in [0.25, 0.3) is 0 Å². The molecule has 4 rings (SSSR count). The molecule has 0 N–H and O–H groups in total. The van der Waals surface area contributed by atoms with Gasteiger partial charge in [-0.25, -0.2) is 0 Å². The molecule has 0 amide bonds. The molecule has 0 bridgehead atoms. The van der Waals surface area contributed by atoms with Crippen molar-refractivity contribution in [3.8, 4) is 0 Å². The van der Waals surface area contributed by atoms with E-state index in [1.807, 2.05) is 0 Å². The van der Waals surface area contributed by atoms with E-state index < -0.39 is 15.8 Å². The van der Waals surface area contributed by atoms with Crippen LogP contribution in [0, 0.1) is 11.3 Å². The average Bonchev–Trinajstić information content (AvgIpc) is 2.92. The molecule has 0 aromatic heterocycles. The zero-order valence-electron chi connectivity index (χ0n) is 22.4. The van der Waals surface area contributed by atoms with Gasteiger partial charge in [0.2, 0.25) is 0 Å². The predicted octanol–water partition coefficient (Wildman–Crippen LogP) is 8.08. The van der Waals surface area contributed by atoms with E-state index in [2.05, 4.69) is 156 Å². The van der Waals surface area contributed by atoms with Gasteiger partial charge in [-0.05, 0) is 66.1 Å². The molecule has 0 saturated carbocycles. The van der Waals surface area contributed by atoms with Crippen LogP contribution in [0.1, 0.15) is 41.0 Å². The highest BCUT2D eigenvalue weighted by atomic mass is 31.1. The first-order valence-corrected chi connectivity index (χ1v) is 16.1. The largest absolute Gasteiger partial charge is 0.0648 e. The second-order valence-electron chi connectivity index (χ2n) is 10.1. The SMILES string of the molecule is CCC(C(C)C)(C(C)P(c1ccccc1)c1ccccc1)C(C)P(c1ccccc1)c1ccccc1. The molecule has 36 heavy (non-hydrogen) atoms. The van der Waals surface area contributed by atoms with Crippen molar-refractivity contribution in [2.24, 2.45) is 11.3 Å². The molecule has 0 saturated heterocycles. The lowest BCUT2D eigenvalue weighted by molar-refractivity contribution is 0.176. The third kappa shape index (κ3) is 5.37. The van der Waals surface area contributed by atoms with Crippen molar-refractivity contribution in [3.63, 3.8) is 0 Å². The minimum absolute atomic E-state index is 0.175. The summed E-state index contributed by atoms with van der Waals surface area (Å²) < 4.78 is 0. The van der Waals surface area contributed by atoms with Crippen molar-refractivity contribution in [3.05, 3.63) is 121 Å². The minimum Gasteiger partial charge on any atom is -0.0648 e. The van der Waals surface area contributed by atoms with Gasteiger partial charge in [0.05, 0.1) is 0 Å². The number of rotatable bonds is 10. The smallest absolute Gasteiger partial charge is 0.00921 e. The molecule has 0 fully saturated rings. The minimum atomic E-state index is -0.523. The Morgan fingerprint density at radius 2 is 0.722 bits per heavy atom. The van der Waals surface area contributed by atoms with Crippen LogP contribution in [0.5, 0.6) is 0 Å². The highest BCUT2D eigenvalue weighted by Gasteiger charge is 2.48. The molecule has 0 aliphatic carbocycles. The second-order valence-corrected chi connectivity index (χ2v) is 15.1. The topological polar surface area (TPSA) is 0 Å². The van der Waals surface area contributed by atoms with Crippen molar-refractivity contribution in [1.29, 1.82) is 0 Å². The number of hydrogen-bond acceptors (Lipinski definition) is 0. The first kappa shape index (κ1) is 26.8. The third-order valence-electron chi connectivity index (χ3n) is 8.15. The number of benzene rings is 4. The third-order valence-corrected chi connectivity index (χ3v) is 14.1. The van der Waals surface area contributed by atoms with E-state index in [-0.39, 0.29) is 5.41 Å². The van der Waals surface area contributed by atoms with Gasteiger partial charge in [0.25, 0.3) is 0 Å². The molecule has 0 spiro atoms. The van der Waals surface area contributed by atoms with E-state index in [4.69, 9.17) is 0 Å². The van der Waals surface area contributed by atoms with Crippen LogP contribution in [0.15, 0.2) is 121 Å². The maximum Gasteiger partial charge on any atom is -0.00921 e. The van der Waals surface area contributed by atoms with Gasteiger partial charge in [0, 0.05) is 0 Å². The average molecular weight is 511 g/mol. The van der Waals surface area contributed by atoms with E-state index in [0.717, 1.165) is 0 Å². The molecule has 0 aliphatic rings. The van der Waals surface area contributed by atoms with Gasteiger partial charge in [-0.1, -0.05) is 156 Å². The standard InChI is InChI=1S/C34H40P2/c1-6-34(27(2)3,28(4)35(30-19-11-7-12-20-30)31-21-13-8-14-22-31)29(5)36(32-23-15-9-16-24-32)33-25-17-10-18-26-33/h7-29H,6H2,1-5H3. The predicted molar refractivity (Wildman–Crippen MR) is 165 cm³/mol. The summed E-state index contributed by atoms with van der Waals surface area (Å²) in [6.07, 6.45) is 1.17. The molecule has 4 aromatic rings.